The zero-order valence-corrected chi connectivity index (χ0v) is 29.5. The van der Waals surface area contributed by atoms with Crippen molar-refractivity contribution in [2.45, 2.75) is 49.6 Å². The van der Waals surface area contributed by atoms with Gasteiger partial charge >= 0.3 is 0 Å². The quantitative estimate of drug-likeness (QED) is 0.174. The van der Waals surface area contributed by atoms with Gasteiger partial charge in [-0.2, -0.15) is 0 Å². The molecular weight excluding hydrogens is 661 g/mol. The van der Waals surface area contributed by atoms with E-state index < -0.39 is 35.0 Å². The number of rotatable bonds is 6. The SMILES string of the molecule is O=C1C(c2ccccc2)=CC(=O)C2(c3ccccc3)C1CC1C(=CCC3C(=O)N(C4CCN(Cc5ccccc5)CC4)C(=O)C31)C2c1cccc(O)c1. The average molecular weight is 703 g/mol. The second kappa shape index (κ2) is 13.2. The molecule has 7 heteroatoms. The second-order valence-corrected chi connectivity index (χ2v) is 15.4. The number of likely N-dealkylation sites (tertiary alicyclic amines) is 2. The standard InChI is InChI=1S/C46H42N2O5/c49-34-18-10-15-31(25-34)42-35-19-20-36-41(45(53)48(44(36)52)33-21-23-47(24-22-33)28-29-11-4-1-5-12-29)38(35)26-39-43(51)37(30-13-6-2-7-14-30)27-40(50)46(39,42)32-16-8-3-9-17-32/h1-19,25,27,33,36,38-39,41-42,49H,20-24,26,28H2. The fourth-order valence-electron chi connectivity index (χ4n) is 10.5. The summed E-state index contributed by atoms with van der Waals surface area (Å²) >= 11 is 0. The molecule has 0 radical (unpaired) electrons. The Bertz CT molecular complexity index is 2150. The zero-order chi connectivity index (χ0) is 36.3. The number of amides is 2. The normalized spacial score (nSPS) is 28.9. The van der Waals surface area contributed by atoms with Crippen molar-refractivity contribution in [1.82, 2.24) is 9.80 Å². The number of hydrogen-bond acceptors (Lipinski definition) is 6. The lowest BCUT2D eigenvalue weighted by molar-refractivity contribution is -0.144. The number of imide groups is 1. The fourth-order valence-corrected chi connectivity index (χ4v) is 10.5. The van der Waals surface area contributed by atoms with Crippen molar-refractivity contribution < 1.29 is 24.3 Å². The van der Waals surface area contributed by atoms with Gasteiger partial charge < -0.3 is 5.11 Å². The number of benzene rings is 4. The second-order valence-electron chi connectivity index (χ2n) is 15.4. The Kier molecular flexibility index (Phi) is 8.34. The fraction of sp³-hybridized carbons (Fsp3) is 0.304. The molecule has 266 valence electrons. The van der Waals surface area contributed by atoms with E-state index in [-0.39, 0.29) is 41.6 Å². The first-order chi connectivity index (χ1) is 25.9. The van der Waals surface area contributed by atoms with Crippen LogP contribution in [0.1, 0.15) is 53.9 Å². The monoisotopic (exact) mass is 702 g/mol. The molecule has 2 saturated heterocycles. The van der Waals surface area contributed by atoms with E-state index in [1.165, 1.54) is 11.6 Å². The summed E-state index contributed by atoms with van der Waals surface area (Å²) < 4.78 is 0. The number of fused-ring (bicyclic) bond motifs is 4. The molecule has 0 aromatic heterocycles. The number of nitrogens with zero attached hydrogens (tertiary/aromatic N) is 2. The highest BCUT2D eigenvalue weighted by Gasteiger charge is 2.66. The number of aromatic hydroxyl groups is 1. The summed E-state index contributed by atoms with van der Waals surface area (Å²) in [5, 5.41) is 10.8. The lowest BCUT2D eigenvalue weighted by atomic mass is 9.44. The van der Waals surface area contributed by atoms with Crippen molar-refractivity contribution in [2.75, 3.05) is 13.1 Å². The van der Waals surface area contributed by atoms with Crippen LogP contribution in [-0.4, -0.2) is 57.4 Å². The van der Waals surface area contributed by atoms with Gasteiger partial charge in [-0.05, 0) is 72.1 Å². The number of allylic oxidation sites excluding steroid dienone is 4. The molecule has 5 aliphatic rings. The first kappa shape index (κ1) is 33.4. The van der Waals surface area contributed by atoms with Crippen molar-refractivity contribution in [3.05, 3.63) is 155 Å². The van der Waals surface area contributed by atoms with Crippen LogP contribution in [0, 0.1) is 23.7 Å². The number of carbonyl (C=O) groups is 4. The molecule has 6 atom stereocenters. The first-order valence-electron chi connectivity index (χ1n) is 18.9. The van der Waals surface area contributed by atoms with Gasteiger partial charge in [-0.3, -0.25) is 29.0 Å². The first-order valence-corrected chi connectivity index (χ1v) is 18.9. The van der Waals surface area contributed by atoms with Crippen LogP contribution in [0.25, 0.3) is 5.57 Å². The largest absolute Gasteiger partial charge is 0.508 e. The lowest BCUT2D eigenvalue weighted by Crippen LogP contribution is -2.58. The predicted octanol–water partition coefficient (Wildman–Crippen LogP) is 6.88. The number of piperidine rings is 1. The lowest BCUT2D eigenvalue weighted by Gasteiger charge is -2.55. The van der Waals surface area contributed by atoms with Crippen LogP contribution in [0.15, 0.2) is 133 Å². The van der Waals surface area contributed by atoms with Gasteiger partial charge in [0.15, 0.2) is 11.6 Å². The molecule has 7 nitrogen and oxygen atoms in total. The predicted molar refractivity (Wildman–Crippen MR) is 201 cm³/mol. The maximum absolute atomic E-state index is 15.1. The molecule has 0 bridgehead atoms. The van der Waals surface area contributed by atoms with E-state index in [1.807, 2.05) is 84.9 Å². The van der Waals surface area contributed by atoms with Gasteiger partial charge in [-0.1, -0.05) is 115 Å². The van der Waals surface area contributed by atoms with Crippen molar-refractivity contribution in [3.8, 4) is 5.75 Å². The summed E-state index contributed by atoms with van der Waals surface area (Å²) in [5.41, 5.74) is 3.35. The Morgan fingerprint density at radius 3 is 2.11 bits per heavy atom. The summed E-state index contributed by atoms with van der Waals surface area (Å²) in [4.78, 5) is 63.2. The molecule has 4 aromatic rings. The summed E-state index contributed by atoms with van der Waals surface area (Å²) in [6, 6.07) is 36.0. The highest BCUT2D eigenvalue weighted by Crippen LogP contribution is 2.64. The number of hydrogen-bond donors (Lipinski definition) is 1. The van der Waals surface area contributed by atoms with Crippen molar-refractivity contribution in [2.24, 2.45) is 23.7 Å². The van der Waals surface area contributed by atoms with Crippen LogP contribution in [-0.2, 0) is 31.1 Å². The van der Waals surface area contributed by atoms with Crippen molar-refractivity contribution in [1.29, 1.82) is 0 Å². The summed E-state index contributed by atoms with van der Waals surface area (Å²) in [5.74, 6) is -3.48. The van der Waals surface area contributed by atoms with Crippen molar-refractivity contribution in [3.63, 3.8) is 0 Å². The minimum Gasteiger partial charge on any atom is -0.508 e. The minimum atomic E-state index is -1.31. The van der Waals surface area contributed by atoms with Crippen LogP contribution < -0.4 is 0 Å². The topological polar surface area (TPSA) is 95.0 Å². The molecule has 6 unspecified atom stereocenters. The summed E-state index contributed by atoms with van der Waals surface area (Å²) in [7, 11) is 0. The average Bonchev–Trinajstić information content (AvgIpc) is 3.45. The Balaban J connectivity index is 1.12. The Morgan fingerprint density at radius 1 is 0.736 bits per heavy atom. The highest BCUT2D eigenvalue weighted by atomic mass is 16.3. The Labute approximate surface area is 309 Å². The molecule has 2 amide bonds. The van der Waals surface area contributed by atoms with Gasteiger partial charge in [0.25, 0.3) is 0 Å². The van der Waals surface area contributed by atoms with E-state index in [1.54, 1.807) is 23.1 Å². The van der Waals surface area contributed by atoms with Gasteiger partial charge in [-0.15, -0.1) is 0 Å². The van der Waals surface area contributed by atoms with E-state index in [0.29, 0.717) is 23.1 Å². The van der Waals surface area contributed by atoms with Gasteiger partial charge in [-0.25, -0.2) is 0 Å². The van der Waals surface area contributed by atoms with E-state index in [4.69, 9.17) is 0 Å². The maximum atomic E-state index is 15.1. The van der Waals surface area contributed by atoms with Crippen LogP contribution in [0.4, 0.5) is 0 Å². The molecule has 3 fully saturated rings. The third-order valence-corrected chi connectivity index (χ3v) is 12.8. The molecule has 0 spiro atoms. The van der Waals surface area contributed by atoms with Crippen LogP contribution >= 0.6 is 0 Å². The van der Waals surface area contributed by atoms with Crippen LogP contribution in [0.2, 0.25) is 0 Å². The number of carbonyl (C=O) groups excluding carboxylic acids is 4. The molecule has 4 aromatic carbocycles. The highest BCUT2D eigenvalue weighted by molar-refractivity contribution is 6.31. The minimum absolute atomic E-state index is 0.0608. The van der Waals surface area contributed by atoms with Gasteiger partial charge in [0.2, 0.25) is 11.8 Å². The van der Waals surface area contributed by atoms with E-state index in [9.17, 15) is 14.7 Å². The third-order valence-electron chi connectivity index (χ3n) is 12.8. The Morgan fingerprint density at radius 2 is 1.42 bits per heavy atom. The molecule has 53 heavy (non-hydrogen) atoms. The number of Topliss-reactive ketones (excluding diaryl/α,β-unsaturated/α-hetero) is 1. The zero-order valence-electron chi connectivity index (χ0n) is 29.5. The van der Waals surface area contributed by atoms with Crippen molar-refractivity contribution >= 4 is 29.0 Å². The molecule has 1 N–H and O–H groups in total. The molecule has 2 heterocycles. The molecule has 2 aliphatic heterocycles. The van der Waals surface area contributed by atoms with E-state index in [2.05, 4.69) is 23.1 Å². The van der Waals surface area contributed by atoms with E-state index in [0.717, 1.165) is 43.6 Å². The maximum Gasteiger partial charge on any atom is 0.233 e. The molecular formula is C46H42N2O5. The van der Waals surface area contributed by atoms with Gasteiger partial charge in [0, 0.05) is 43.1 Å². The summed E-state index contributed by atoms with van der Waals surface area (Å²) in [6.07, 6.45) is 5.72. The molecule has 1 saturated carbocycles. The van der Waals surface area contributed by atoms with Crippen LogP contribution in [0.3, 0.4) is 0 Å². The van der Waals surface area contributed by atoms with Gasteiger partial charge in [0.05, 0.1) is 17.3 Å². The molecule has 3 aliphatic carbocycles. The number of ketones is 2. The summed E-state index contributed by atoms with van der Waals surface area (Å²) in [6.45, 7) is 2.43. The third kappa shape index (κ3) is 5.35. The molecule has 9 rings (SSSR count). The van der Waals surface area contributed by atoms with Gasteiger partial charge in [0.1, 0.15) is 5.75 Å². The number of phenols is 1. The Hall–Kier alpha value is -5.40. The number of phenolic OH excluding ortho intramolecular Hbond substituents is 1. The van der Waals surface area contributed by atoms with Crippen LogP contribution in [0.5, 0.6) is 5.75 Å². The van der Waals surface area contributed by atoms with E-state index >= 15 is 9.59 Å². The smallest absolute Gasteiger partial charge is 0.233 e.